The summed E-state index contributed by atoms with van der Waals surface area (Å²) in [4.78, 5) is 2.68. The van der Waals surface area contributed by atoms with E-state index in [1.54, 1.807) is 6.07 Å². The van der Waals surface area contributed by atoms with Crippen molar-refractivity contribution in [3.8, 4) is 5.75 Å². The van der Waals surface area contributed by atoms with Crippen molar-refractivity contribution in [3.63, 3.8) is 0 Å². The van der Waals surface area contributed by atoms with Crippen LogP contribution in [0.5, 0.6) is 5.75 Å². The first-order valence-corrected chi connectivity index (χ1v) is 10.1. The predicted octanol–water partition coefficient (Wildman–Crippen LogP) is 5.77. The second-order valence-electron chi connectivity index (χ2n) is 8.57. The van der Waals surface area contributed by atoms with E-state index in [9.17, 15) is 5.11 Å². The zero-order valence-corrected chi connectivity index (χ0v) is 16.9. The highest BCUT2D eigenvalue weighted by atomic mass is 35.5. The first-order valence-electron chi connectivity index (χ1n) is 10.1. The van der Waals surface area contributed by atoms with Crippen LogP contribution in [0.15, 0.2) is 24.3 Å². The summed E-state index contributed by atoms with van der Waals surface area (Å²) in [6.07, 6.45) is 11.4. The molecular weight excluding hydrogens is 330 g/mol. The lowest BCUT2D eigenvalue weighted by Gasteiger charge is -2.45. The summed E-state index contributed by atoms with van der Waals surface area (Å²) in [5.74, 6) is 2.04. The monoisotopic (exact) mass is 365 g/mol. The molecule has 3 rings (SSSR count). The van der Waals surface area contributed by atoms with Gasteiger partial charge in [0.1, 0.15) is 5.75 Å². The fraction of sp³-hybridized carbons (Fsp3) is 0.727. The SMILES string of the molecule is CC1CN(CCCC2CCCCC2)CCC1(C)c1cccc(O)c1.Cl. The number of benzene rings is 1. The lowest BCUT2D eigenvalue weighted by atomic mass is 9.68. The molecule has 1 heterocycles. The number of hydrogen-bond acceptors (Lipinski definition) is 2. The number of phenols is 1. The number of rotatable bonds is 5. The van der Waals surface area contributed by atoms with Gasteiger partial charge in [0, 0.05) is 6.54 Å². The molecule has 2 atom stereocenters. The van der Waals surface area contributed by atoms with Crippen LogP contribution < -0.4 is 0 Å². The molecule has 1 N–H and O–H groups in total. The Morgan fingerprint density at radius 1 is 1.20 bits per heavy atom. The molecule has 0 radical (unpaired) electrons. The molecule has 0 aromatic heterocycles. The molecule has 1 aliphatic heterocycles. The van der Waals surface area contributed by atoms with E-state index in [4.69, 9.17) is 0 Å². The van der Waals surface area contributed by atoms with Crippen molar-refractivity contribution in [3.05, 3.63) is 29.8 Å². The maximum atomic E-state index is 9.83. The number of nitrogens with zero attached hydrogens (tertiary/aromatic N) is 1. The number of likely N-dealkylation sites (tertiary alicyclic amines) is 1. The van der Waals surface area contributed by atoms with Crippen LogP contribution in [0, 0.1) is 11.8 Å². The third-order valence-corrected chi connectivity index (χ3v) is 6.88. The van der Waals surface area contributed by atoms with E-state index < -0.39 is 0 Å². The van der Waals surface area contributed by atoms with Gasteiger partial charge in [-0.05, 0) is 67.3 Å². The number of aromatic hydroxyl groups is 1. The first kappa shape index (κ1) is 20.6. The molecule has 0 bridgehead atoms. The van der Waals surface area contributed by atoms with Gasteiger partial charge in [-0.1, -0.05) is 58.1 Å². The van der Waals surface area contributed by atoms with Gasteiger partial charge in [-0.3, -0.25) is 0 Å². The summed E-state index contributed by atoms with van der Waals surface area (Å²) >= 11 is 0. The topological polar surface area (TPSA) is 23.5 Å². The van der Waals surface area contributed by atoms with Crippen LogP contribution in [0.25, 0.3) is 0 Å². The Labute approximate surface area is 160 Å². The van der Waals surface area contributed by atoms with Gasteiger partial charge in [0.2, 0.25) is 0 Å². The molecule has 1 saturated heterocycles. The largest absolute Gasteiger partial charge is 0.508 e. The van der Waals surface area contributed by atoms with E-state index in [1.165, 1.54) is 76.6 Å². The Morgan fingerprint density at radius 3 is 2.64 bits per heavy atom. The van der Waals surface area contributed by atoms with E-state index in [-0.39, 0.29) is 17.8 Å². The second-order valence-corrected chi connectivity index (χ2v) is 8.57. The number of piperidine rings is 1. The van der Waals surface area contributed by atoms with Gasteiger partial charge in [-0.25, -0.2) is 0 Å². The Hall–Kier alpha value is -0.730. The van der Waals surface area contributed by atoms with Crippen LogP contribution in [-0.2, 0) is 5.41 Å². The zero-order chi connectivity index (χ0) is 17.0. The van der Waals surface area contributed by atoms with E-state index in [2.05, 4.69) is 24.8 Å². The summed E-state index contributed by atoms with van der Waals surface area (Å²) in [5.41, 5.74) is 1.50. The predicted molar refractivity (Wildman–Crippen MR) is 109 cm³/mol. The van der Waals surface area contributed by atoms with Gasteiger partial charge in [-0.2, -0.15) is 0 Å². The molecule has 25 heavy (non-hydrogen) atoms. The van der Waals surface area contributed by atoms with Crippen LogP contribution in [0.2, 0.25) is 0 Å². The highest BCUT2D eigenvalue weighted by Gasteiger charge is 2.37. The zero-order valence-electron chi connectivity index (χ0n) is 16.0. The minimum absolute atomic E-state index is 0. The molecular formula is C22H36ClNO. The number of phenolic OH excluding ortho intramolecular Hbond substituents is 1. The fourth-order valence-corrected chi connectivity index (χ4v) is 4.89. The van der Waals surface area contributed by atoms with Crippen LogP contribution in [0.1, 0.15) is 70.8 Å². The standard InChI is InChI=1S/C22H35NO.ClH/c1-18-17-23(14-7-10-19-8-4-3-5-9-19)15-13-22(18,2)20-11-6-12-21(24)16-20;/h6,11-12,16,18-19,24H,3-5,7-10,13-15,17H2,1-2H3;1H. The minimum Gasteiger partial charge on any atom is -0.508 e. The lowest BCUT2D eigenvalue weighted by Crippen LogP contribution is -2.47. The molecule has 0 spiro atoms. The van der Waals surface area contributed by atoms with Crippen LogP contribution >= 0.6 is 12.4 Å². The summed E-state index contributed by atoms with van der Waals surface area (Å²) in [6.45, 7) is 8.43. The molecule has 3 heteroatoms. The first-order chi connectivity index (χ1) is 11.6. The van der Waals surface area contributed by atoms with Crippen molar-refractivity contribution in [2.24, 2.45) is 11.8 Å². The van der Waals surface area contributed by atoms with Crippen LogP contribution in [0.3, 0.4) is 0 Å². The molecule has 2 aliphatic rings. The maximum absolute atomic E-state index is 9.83. The van der Waals surface area contributed by atoms with E-state index >= 15 is 0 Å². The van der Waals surface area contributed by atoms with E-state index in [1.807, 2.05) is 12.1 Å². The van der Waals surface area contributed by atoms with Gasteiger partial charge in [-0.15, -0.1) is 12.4 Å². The molecule has 2 fully saturated rings. The highest BCUT2D eigenvalue weighted by Crippen LogP contribution is 2.40. The summed E-state index contributed by atoms with van der Waals surface area (Å²) in [7, 11) is 0. The average molecular weight is 366 g/mol. The molecule has 1 aliphatic carbocycles. The molecule has 1 saturated carbocycles. The fourth-order valence-electron chi connectivity index (χ4n) is 4.89. The van der Waals surface area contributed by atoms with Gasteiger partial charge < -0.3 is 10.0 Å². The summed E-state index contributed by atoms with van der Waals surface area (Å²) in [6, 6.07) is 7.92. The van der Waals surface area contributed by atoms with Gasteiger partial charge in [0.25, 0.3) is 0 Å². The molecule has 2 unspecified atom stereocenters. The van der Waals surface area contributed by atoms with Gasteiger partial charge >= 0.3 is 0 Å². The molecule has 0 amide bonds. The van der Waals surface area contributed by atoms with Gasteiger partial charge in [0.05, 0.1) is 0 Å². The average Bonchev–Trinajstić information content (AvgIpc) is 2.59. The molecule has 1 aromatic rings. The van der Waals surface area contributed by atoms with Crippen LogP contribution in [0.4, 0.5) is 0 Å². The van der Waals surface area contributed by atoms with E-state index in [0.29, 0.717) is 11.7 Å². The Bertz CT molecular complexity index is 529. The maximum Gasteiger partial charge on any atom is 0.115 e. The number of hydrogen-bond donors (Lipinski definition) is 1. The Kier molecular flexibility index (Phi) is 7.64. The van der Waals surface area contributed by atoms with Crippen molar-refractivity contribution in [1.29, 1.82) is 0 Å². The minimum atomic E-state index is 0. The Balaban J connectivity index is 0.00000225. The van der Waals surface area contributed by atoms with Gasteiger partial charge in [0.15, 0.2) is 0 Å². The number of halogens is 1. The second kappa shape index (κ2) is 9.28. The molecule has 142 valence electrons. The Morgan fingerprint density at radius 2 is 1.96 bits per heavy atom. The van der Waals surface area contributed by atoms with Crippen molar-refractivity contribution in [1.82, 2.24) is 4.90 Å². The third kappa shape index (κ3) is 5.14. The molecule has 2 nitrogen and oxygen atoms in total. The van der Waals surface area contributed by atoms with Crippen molar-refractivity contribution in [2.75, 3.05) is 19.6 Å². The van der Waals surface area contributed by atoms with Crippen molar-refractivity contribution >= 4 is 12.4 Å². The highest BCUT2D eigenvalue weighted by molar-refractivity contribution is 5.85. The van der Waals surface area contributed by atoms with E-state index in [0.717, 1.165) is 5.92 Å². The molecule has 1 aromatic carbocycles. The summed E-state index contributed by atoms with van der Waals surface area (Å²) in [5, 5.41) is 9.83. The smallest absolute Gasteiger partial charge is 0.115 e. The quantitative estimate of drug-likeness (QED) is 0.715. The van der Waals surface area contributed by atoms with Crippen LogP contribution in [-0.4, -0.2) is 29.6 Å². The summed E-state index contributed by atoms with van der Waals surface area (Å²) < 4.78 is 0. The van der Waals surface area contributed by atoms with Crippen molar-refractivity contribution in [2.45, 2.75) is 70.6 Å². The van der Waals surface area contributed by atoms with Crippen molar-refractivity contribution < 1.29 is 5.11 Å². The lowest BCUT2D eigenvalue weighted by molar-refractivity contribution is 0.107. The normalized spacial score (nSPS) is 28.5. The third-order valence-electron chi connectivity index (χ3n) is 6.88.